The molecule has 1 unspecified atom stereocenters. The van der Waals surface area contributed by atoms with E-state index in [-0.39, 0.29) is 11.9 Å². The van der Waals surface area contributed by atoms with Gasteiger partial charge in [0.1, 0.15) is 12.5 Å². The smallest absolute Gasteiger partial charge is 0.406 e. The van der Waals surface area contributed by atoms with Crippen LogP contribution >= 0.6 is 0 Å². The lowest BCUT2D eigenvalue weighted by molar-refractivity contribution is -0.274. The van der Waals surface area contributed by atoms with E-state index in [1.807, 2.05) is 0 Å². The van der Waals surface area contributed by atoms with Crippen LogP contribution in [0.5, 0.6) is 5.75 Å². The summed E-state index contributed by atoms with van der Waals surface area (Å²) < 4.78 is 55.7. The molecular formula is C14H17F3O4. The summed E-state index contributed by atoms with van der Waals surface area (Å²) in [5.41, 5.74) is 0.789. The van der Waals surface area contributed by atoms with Crippen molar-refractivity contribution in [3.63, 3.8) is 0 Å². The van der Waals surface area contributed by atoms with Gasteiger partial charge in [-0.3, -0.25) is 0 Å². The van der Waals surface area contributed by atoms with Gasteiger partial charge in [0, 0.05) is 6.61 Å². The number of rotatable bonds is 6. The van der Waals surface area contributed by atoms with Crippen molar-refractivity contribution in [2.75, 3.05) is 20.0 Å². The van der Waals surface area contributed by atoms with E-state index < -0.39 is 6.36 Å². The van der Waals surface area contributed by atoms with Gasteiger partial charge in [-0.15, -0.1) is 13.2 Å². The highest BCUT2D eigenvalue weighted by Crippen LogP contribution is 2.22. The Kier molecular flexibility index (Phi) is 5.84. The number of halogens is 3. The molecule has 1 aromatic rings. The van der Waals surface area contributed by atoms with Crippen LogP contribution in [0.2, 0.25) is 0 Å². The van der Waals surface area contributed by atoms with Crippen molar-refractivity contribution in [1.29, 1.82) is 0 Å². The lowest BCUT2D eigenvalue weighted by atomic mass is 10.2. The third-order valence-corrected chi connectivity index (χ3v) is 2.98. The molecule has 1 aliphatic heterocycles. The molecule has 1 aliphatic rings. The first kappa shape index (κ1) is 16.1. The molecule has 2 rings (SSSR count). The molecule has 4 nitrogen and oxygen atoms in total. The maximum absolute atomic E-state index is 12.0. The van der Waals surface area contributed by atoms with Crippen LogP contribution in [-0.2, 0) is 20.8 Å². The Hall–Kier alpha value is -1.31. The van der Waals surface area contributed by atoms with E-state index in [0.29, 0.717) is 26.6 Å². The van der Waals surface area contributed by atoms with E-state index in [1.165, 1.54) is 12.1 Å². The van der Waals surface area contributed by atoms with Crippen molar-refractivity contribution in [3.8, 4) is 5.75 Å². The highest BCUT2D eigenvalue weighted by Gasteiger charge is 2.30. The Bertz CT molecular complexity index is 413. The van der Waals surface area contributed by atoms with Gasteiger partial charge < -0.3 is 18.9 Å². The van der Waals surface area contributed by atoms with Crippen molar-refractivity contribution in [3.05, 3.63) is 29.8 Å². The van der Waals surface area contributed by atoms with Crippen LogP contribution < -0.4 is 4.74 Å². The van der Waals surface area contributed by atoms with E-state index in [4.69, 9.17) is 14.2 Å². The Morgan fingerprint density at radius 3 is 2.57 bits per heavy atom. The average Bonchev–Trinajstić information content (AvgIpc) is 2.45. The zero-order chi connectivity index (χ0) is 15.1. The van der Waals surface area contributed by atoms with Crippen LogP contribution in [0, 0.1) is 0 Å². The van der Waals surface area contributed by atoms with E-state index in [9.17, 15) is 13.2 Å². The third kappa shape index (κ3) is 6.33. The molecule has 1 saturated heterocycles. The molecule has 0 aliphatic carbocycles. The molecule has 21 heavy (non-hydrogen) atoms. The molecule has 0 amide bonds. The van der Waals surface area contributed by atoms with Crippen molar-refractivity contribution in [1.82, 2.24) is 0 Å². The van der Waals surface area contributed by atoms with Gasteiger partial charge in [0.2, 0.25) is 0 Å². The summed E-state index contributed by atoms with van der Waals surface area (Å²) in [6.07, 6.45) is -2.88. The van der Waals surface area contributed by atoms with Gasteiger partial charge in [-0.05, 0) is 30.5 Å². The summed E-state index contributed by atoms with van der Waals surface area (Å²) in [6.45, 7) is 1.90. The number of benzene rings is 1. The maximum Gasteiger partial charge on any atom is 0.573 e. The first-order valence-electron chi connectivity index (χ1n) is 6.65. The summed E-state index contributed by atoms with van der Waals surface area (Å²) in [5, 5.41) is 0. The molecule has 0 bridgehead atoms. The third-order valence-electron chi connectivity index (χ3n) is 2.98. The molecule has 0 N–H and O–H groups in total. The minimum absolute atomic E-state index is 0.154. The Balaban J connectivity index is 1.66. The van der Waals surface area contributed by atoms with Crippen molar-refractivity contribution < 1.29 is 32.1 Å². The lowest BCUT2D eigenvalue weighted by Gasteiger charge is -2.22. The molecule has 7 heteroatoms. The fraction of sp³-hybridized carbons (Fsp3) is 0.571. The molecule has 0 aromatic heterocycles. The maximum atomic E-state index is 12.0. The quantitative estimate of drug-likeness (QED) is 0.756. The molecule has 118 valence electrons. The molecule has 0 spiro atoms. The molecule has 0 radical (unpaired) electrons. The molecule has 1 atom stereocenters. The van der Waals surface area contributed by atoms with Crippen LogP contribution in [0.25, 0.3) is 0 Å². The minimum Gasteiger partial charge on any atom is -0.406 e. The Labute approximate surface area is 120 Å². The summed E-state index contributed by atoms with van der Waals surface area (Å²) in [4.78, 5) is 0. The van der Waals surface area contributed by atoms with Crippen LogP contribution in [0.3, 0.4) is 0 Å². The van der Waals surface area contributed by atoms with Gasteiger partial charge in [0.05, 0.1) is 19.3 Å². The fourth-order valence-corrected chi connectivity index (χ4v) is 1.92. The molecular weight excluding hydrogens is 289 g/mol. The van der Waals surface area contributed by atoms with E-state index in [0.717, 1.165) is 18.4 Å². The first-order valence-corrected chi connectivity index (χ1v) is 6.65. The van der Waals surface area contributed by atoms with Crippen LogP contribution in [-0.4, -0.2) is 32.5 Å². The van der Waals surface area contributed by atoms with Gasteiger partial charge in [-0.1, -0.05) is 12.1 Å². The number of alkyl halides is 3. The number of hydrogen-bond donors (Lipinski definition) is 0. The Morgan fingerprint density at radius 2 is 1.95 bits per heavy atom. The largest absolute Gasteiger partial charge is 0.573 e. The second kappa shape index (κ2) is 7.63. The normalized spacial score (nSPS) is 19.5. The van der Waals surface area contributed by atoms with Gasteiger partial charge in [0.25, 0.3) is 0 Å². The average molecular weight is 306 g/mol. The van der Waals surface area contributed by atoms with Crippen molar-refractivity contribution >= 4 is 0 Å². The highest BCUT2D eigenvalue weighted by atomic mass is 19.4. The lowest BCUT2D eigenvalue weighted by Crippen LogP contribution is -2.24. The van der Waals surface area contributed by atoms with E-state index >= 15 is 0 Å². The zero-order valence-electron chi connectivity index (χ0n) is 11.4. The first-order chi connectivity index (χ1) is 10.0. The minimum atomic E-state index is -4.66. The second-order valence-electron chi connectivity index (χ2n) is 4.64. The summed E-state index contributed by atoms with van der Waals surface area (Å²) in [7, 11) is 0. The van der Waals surface area contributed by atoms with Crippen LogP contribution in [0.15, 0.2) is 24.3 Å². The van der Waals surface area contributed by atoms with Gasteiger partial charge >= 0.3 is 6.36 Å². The highest BCUT2D eigenvalue weighted by molar-refractivity contribution is 5.27. The van der Waals surface area contributed by atoms with E-state index in [2.05, 4.69) is 4.74 Å². The fourth-order valence-electron chi connectivity index (χ4n) is 1.92. The van der Waals surface area contributed by atoms with Gasteiger partial charge in [0.15, 0.2) is 0 Å². The standard InChI is InChI=1S/C14H17F3O4/c15-14(16,17)21-13-3-1-11(2-4-13)9-18-7-5-12-6-8-19-10-20-12/h1-4,12H,5-10H2. The summed E-state index contributed by atoms with van der Waals surface area (Å²) in [6, 6.07) is 5.64. The Morgan fingerprint density at radius 1 is 1.19 bits per heavy atom. The monoisotopic (exact) mass is 306 g/mol. The van der Waals surface area contributed by atoms with Crippen LogP contribution in [0.1, 0.15) is 18.4 Å². The van der Waals surface area contributed by atoms with Gasteiger partial charge in [-0.2, -0.15) is 0 Å². The topological polar surface area (TPSA) is 36.9 Å². The molecule has 1 aromatic carbocycles. The number of hydrogen-bond acceptors (Lipinski definition) is 4. The van der Waals surface area contributed by atoms with E-state index in [1.54, 1.807) is 12.1 Å². The molecule has 0 saturated carbocycles. The SMILES string of the molecule is FC(F)(F)Oc1ccc(COCCC2CCOCO2)cc1. The molecule has 1 heterocycles. The predicted octanol–water partition coefficient (Wildman–Crippen LogP) is 3.25. The van der Waals surface area contributed by atoms with Crippen molar-refractivity contribution in [2.24, 2.45) is 0 Å². The second-order valence-corrected chi connectivity index (χ2v) is 4.64. The summed E-state index contributed by atoms with van der Waals surface area (Å²) >= 11 is 0. The number of ether oxygens (including phenoxy) is 4. The predicted molar refractivity (Wildman–Crippen MR) is 67.7 cm³/mol. The summed E-state index contributed by atoms with van der Waals surface area (Å²) in [5.74, 6) is -0.234. The zero-order valence-corrected chi connectivity index (χ0v) is 11.4. The van der Waals surface area contributed by atoms with Gasteiger partial charge in [-0.25, -0.2) is 0 Å². The van der Waals surface area contributed by atoms with Crippen LogP contribution in [0.4, 0.5) is 13.2 Å². The molecule has 1 fully saturated rings. The van der Waals surface area contributed by atoms with Crippen molar-refractivity contribution in [2.45, 2.75) is 31.9 Å².